The van der Waals surface area contributed by atoms with Crippen LogP contribution in [0.5, 0.6) is 0 Å². The van der Waals surface area contributed by atoms with E-state index in [2.05, 4.69) is 28.3 Å². The van der Waals surface area contributed by atoms with E-state index >= 15 is 0 Å². The molecule has 2 rings (SSSR count). The molecule has 3 amide bonds. The summed E-state index contributed by atoms with van der Waals surface area (Å²) in [5, 5.41) is 2.78. The van der Waals surface area contributed by atoms with E-state index in [4.69, 9.17) is 4.42 Å². The summed E-state index contributed by atoms with van der Waals surface area (Å²) in [6.45, 7) is 3.60. The topological polar surface area (TPSA) is 83.4 Å². The fourth-order valence-electron chi connectivity index (χ4n) is 2.16. The summed E-state index contributed by atoms with van der Waals surface area (Å²) in [4.78, 5) is 23.6. The van der Waals surface area contributed by atoms with E-state index in [0.29, 0.717) is 11.3 Å². The van der Waals surface area contributed by atoms with Crippen molar-refractivity contribution in [2.45, 2.75) is 32.7 Å². The van der Waals surface area contributed by atoms with Crippen molar-refractivity contribution >= 4 is 11.9 Å². The third-order valence-electron chi connectivity index (χ3n) is 3.48. The molecule has 122 valence electrons. The molecule has 1 aromatic carbocycles. The fourth-order valence-corrected chi connectivity index (χ4v) is 2.16. The number of carbonyl (C=O) groups excluding carboxylic acids is 2. The molecule has 0 bridgehead atoms. The fraction of sp³-hybridized carbons (Fsp3) is 0.294. The maximum absolute atomic E-state index is 11.8. The lowest BCUT2D eigenvalue weighted by atomic mass is 10.1. The summed E-state index contributed by atoms with van der Waals surface area (Å²) in [6.07, 6.45) is 3.12. The number of benzene rings is 1. The van der Waals surface area contributed by atoms with E-state index < -0.39 is 11.9 Å². The van der Waals surface area contributed by atoms with Gasteiger partial charge in [0.1, 0.15) is 5.76 Å². The van der Waals surface area contributed by atoms with Crippen LogP contribution in [-0.2, 0) is 6.42 Å². The van der Waals surface area contributed by atoms with Gasteiger partial charge in [-0.05, 0) is 38.3 Å². The van der Waals surface area contributed by atoms with Gasteiger partial charge in [0, 0.05) is 6.04 Å². The number of rotatable bonds is 5. The molecule has 23 heavy (non-hydrogen) atoms. The van der Waals surface area contributed by atoms with E-state index in [1.54, 1.807) is 13.0 Å². The molecule has 2 aromatic rings. The number of amides is 3. The summed E-state index contributed by atoms with van der Waals surface area (Å²) in [5.74, 6) is 0.0873. The lowest BCUT2D eigenvalue weighted by molar-refractivity contribution is 0.0934. The average Bonchev–Trinajstić information content (AvgIpc) is 2.98. The Morgan fingerprint density at radius 1 is 1.13 bits per heavy atom. The van der Waals surface area contributed by atoms with Gasteiger partial charge >= 0.3 is 6.03 Å². The van der Waals surface area contributed by atoms with E-state index in [1.807, 2.05) is 25.1 Å². The maximum Gasteiger partial charge on any atom is 0.333 e. The van der Waals surface area contributed by atoms with E-state index in [-0.39, 0.29) is 6.04 Å². The number of nitrogens with one attached hydrogen (secondary N) is 3. The molecule has 0 spiro atoms. The number of carbonyl (C=O) groups is 2. The van der Waals surface area contributed by atoms with E-state index in [9.17, 15) is 9.59 Å². The van der Waals surface area contributed by atoms with Gasteiger partial charge in [-0.1, -0.05) is 30.3 Å². The number of hydrogen-bond donors (Lipinski definition) is 3. The van der Waals surface area contributed by atoms with Crippen LogP contribution in [-0.4, -0.2) is 18.0 Å². The highest BCUT2D eigenvalue weighted by Gasteiger charge is 2.13. The normalized spacial score (nSPS) is 11.6. The maximum atomic E-state index is 11.8. The first-order valence-corrected chi connectivity index (χ1v) is 7.51. The number of hydrazine groups is 1. The molecule has 0 aliphatic rings. The summed E-state index contributed by atoms with van der Waals surface area (Å²) in [6, 6.07) is 11.2. The summed E-state index contributed by atoms with van der Waals surface area (Å²) < 4.78 is 5.04. The van der Waals surface area contributed by atoms with Crippen molar-refractivity contribution in [2.24, 2.45) is 0 Å². The second kappa shape index (κ2) is 8.03. The third kappa shape index (κ3) is 5.18. The molecule has 0 saturated carbocycles. The minimum Gasteiger partial charge on any atom is -0.469 e. The highest BCUT2D eigenvalue weighted by molar-refractivity contribution is 5.96. The van der Waals surface area contributed by atoms with Crippen LogP contribution in [0.1, 0.15) is 35.0 Å². The van der Waals surface area contributed by atoms with Crippen molar-refractivity contribution in [1.29, 1.82) is 0 Å². The Bertz CT molecular complexity index is 652. The van der Waals surface area contributed by atoms with Crippen molar-refractivity contribution in [1.82, 2.24) is 16.2 Å². The van der Waals surface area contributed by atoms with Crippen LogP contribution in [0, 0.1) is 6.92 Å². The lowest BCUT2D eigenvalue weighted by Gasteiger charge is -2.15. The number of furan rings is 1. The Hall–Kier alpha value is -2.76. The summed E-state index contributed by atoms with van der Waals surface area (Å²) >= 11 is 0. The molecule has 1 atom stereocenters. The third-order valence-corrected chi connectivity index (χ3v) is 3.48. The zero-order chi connectivity index (χ0) is 16.7. The molecule has 0 fully saturated rings. The van der Waals surface area contributed by atoms with Crippen LogP contribution in [0.3, 0.4) is 0 Å². The first kappa shape index (κ1) is 16.6. The number of hydrogen-bond acceptors (Lipinski definition) is 3. The Kier molecular flexibility index (Phi) is 5.80. The zero-order valence-electron chi connectivity index (χ0n) is 13.3. The highest BCUT2D eigenvalue weighted by atomic mass is 16.3. The highest BCUT2D eigenvalue weighted by Crippen LogP contribution is 2.07. The van der Waals surface area contributed by atoms with Gasteiger partial charge in [-0.15, -0.1) is 0 Å². The van der Waals surface area contributed by atoms with Crippen LogP contribution in [0.4, 0.5) is 4.79 Å². The second-order valence-corrected chi connectivity index (χ2v) is 5.37. The molecule has 1 heterocycles. The van der Waals surface area contributed by atoms with E-state index in [0.717, 1.165) is 12.8 Å². The zero-order valence-corrected chi connectivity index (χ0v) is 13.3. The summed E-state index contributed by atoms with van der Waals surface area (Å²) in [7, 11) is 0. The Morgan fingerprint density at radius 2 is 1.87 bits per heavy atom. The van der Waals surface area contributed by atoms with Gasteiger partial charge in [0.2, 0.25) is 0 Å². The molecular weight excluding hydrogens is 294 g/mol. The first-order chi connectivity index (χ1) is 11.1. The molecule has 6 heteroatoms. The van der Waals surface area contributed by atoms with Crippen molar-refractivity contribution in [3.63, 3.8) is 0 Å². The van der Waals surface area contributed by atoms with Crippen LogP contribution < -0.4 is 16.2 Å². The average molecular weight is 315 g/mol. The molecule has 0 radical (unpaired) electrons. The Labute approximate surface area is 135 Å². The van der Waals surface area contributed by atoms with Crippen molar-refractivity contribution in [3.05, 3.63) is 59.5 Å². The molecule has 3 N–H and O–H groups in total. The smallest absolute Gasteiger partial charge is 0.333 e. The molecule has 0 saturated heterocycles. The minimum atomic E-state index is -0.444. The van der Waals surface area contributed by atoms with Gasteiger partial charge in [0.05, 0.1) is 11.8 Å². The quantitative estimate of drug-likeness (QED) is 0.741. The molecule has 0 unspecified atom stereocenters. The van der Waals surface area contributed by atoms with Gasteiger partial charge in [-0.25, -0.2) is 10.2 Å². The van der Waals surface area contributed by atoms with Crippen molar-refractivity contribution < 1.29 is 14.0 Å². The van der Waals surface area contributed by atoms with Gasteiger partial charge in [-0.2, -0.15) is 0 Å². The second-order valence-electron chi connectivity index (χ2n) is 5.37. The molecule has 6 nitrogen and oxygen atoms in total. The predicted molar refractivity (Wildman–Crippen MR) is 86.8 cm³/mol. The minimum absolute atomic E-state index is 0.0113. The van der Waals surface area contributed by atoms with Gasteiger partial charge < -0.3 is 9.73 Å². The van der Waals surface area contributed by atoms with Gasteiger partial charge in [0.15, 0.2) is 0 Å². The first-order valence-electron chi connectivity index (χ1n) is 7.51. The van der Waals surface area contributed by atoms with Gasteiger partial charge in [-0.3, -0.25) is 10.2 Å². The van der Waals surface area contributed by atoms with Crippen LogP contribution >= 0.6 is 0 Å². The standard InChI is InChI=1S/C17H21N3O3/c1-12(8-9-14-6-4-3-5-7-14)18-17(22)20-19-16(21)15-10-11-23-13(15)2/h3-7,10-12H,8-9H2,1-2H3,(H,19,21)(H2,18,20,22)/t12-/m0/s1. The van der Waals surface area contributed by atoms with Gasteiger partial charge in [0.25, 0.3) is 5.91 Å². The molecule has 1 aromatic heterocycles. The van der Waals surface area contributed by atoms with Crippen LogP contribution in [0.25, 0.3) is 0 Å². The monoisotopic (exact) mass is 315 g/mol. The molecule has 0 aliphatic heterocycles. The summed E-state index contributed by atoms with van der Waals surface area (Å²) in [5.41, 5.74) is 6.30. The van der Waals surface area contributed by atoms with E-state index in [1.165, 1.54) is 11.8 Å². The van der Waals surface area contributed by atoms with Crippen molar-refractivity contribution in [3.8, 4) is 0 Å². The molecular formula is C17H21N3O3. The number of aryl methyl sites for hydroxylation is 2. The van der Waals surface area contributed by atoms with Crippen LogP contribution in [0.15, 0.2) is 47.1 Å². The SMILES string of the molecule is Cc1occc1C(=O)NNC(=O)N[C@@H](C)CCc1ccccc1. The Morgan fingerprint density at radius 3 is 2.52 bits per heavy atom. The van der Waals surface area contributed by atoms with Crippen LogP contribution in [0.2, 0.25) is 0 Å². The number of urea groups is 1. The Balaban J connectivity index is 1.70. The lowest BCUT2D eigenvalue weighted by Crippen LogP contribution is -2.49. The predicted octanol–water partition coefficient (Wildman–Crippen LogP) is 2.55. The van der Waals surface area contributed by atoms with Crippen molar-refractivity contribution in [2.75, 3.05) is 0 Å². The molecule has 0 aliphatic carbocycles. The largest absolute Gasteiger partial charge is 0.469 e.